The summed E-state index contributed by atoms with van der Waals surface area (Å²) >= 11 is 0. The summed E-state index contributed by atoms with van der Waals surface area (Å²) in [4.78, 5) is 26.5. The van der Waals surface area contributed by atoms with Crippen LogP contribution in [0.5, 0.6) is 0 Å². The molecule has 208 valence electrons. The molecule has 2 amide bonds. The van der Waals surface area contributed by atoms with Crippen molar-refractivity contribution in [3.05, 3.63) is 65.2 Å². The van der Waals surface area contributed by atoms with Gasteiger partial charge in [-0.2, -0.15) is 0 Å². The van der Waals surface area contributed by atoms with E-state index in [2.05, 4.69) is 12.2 Å². The van der Waals surface area contributed by atoms with E-state index in [1.807, 2.05) is 60.4 Å². The number of benzene rings is 2. The summed E-state index contributed by atoms with van der Waals surface area (Å²) in [5.74, 6) is -0.919. The number of aryl methyl sites for hydroxylation is 1. The fraction of sp³-hybridized carbons (Fsp3) is 0.548. The summed E-state index contributed by atoms with van der Waals surface area (Å²) in [5.41, 5.74) is 2.58. The summed E-state index contributed by atoms with van der Waals surface area (Å²) in [6, 6.07) is 15.0. The zero-order valence-electron chi connectivity index (χ0n) is 23.0. The van der Waals surface area contributed by atoms with Crippen molar-refractivity contribution in [1.29, 1.82) is 0 Å². The average molecular weight is 525 g/mol. The highest BCUT2D eigenvalue weighted by Gasteiger charge is 2.24. The average Bonchev–Trinajstić information content (AvgIpc) is 2.91. The second kappa shape index (κ2) is 16.1. The van der Waals surface area contributed by atoms with Crippen LogP contribution in [0.4, 0.5) is 10.5 Å². The van der Waals surface area contributed by atoms with E-state index in [1.54, 1.807) is 0 Å². The predicted octanol–water partition coefficient (Wildman–Crippen LogP) is 7.04. The molecule has 1 aliphatic rings. The lowest BCUT2D eigenvalue weighted by Gasteiger charge is -2.30. The summed E-state index contributed by atoms with van der Waals surface area (Å²) < 4.78 is 12.4. The smallest absolute Gasteiger partial charge is 0.336 e. The third-order valence-electron chi connectivity index (χ3n) is 7.18. The Bertz CT molecular complexity index is 997. The van der Waals surface area contributed by atoms with Crippen LogP contribution in [0, 0.1) is 6.92 Å². The number of carbonyl (C=O) groups is 2. The van der Waals surface area contributed by atoms with Crippen molar-refractivity contribution >= 4 is 17.7 Å². The Labute approximate surface area is 227 Å². The van der Waals surface area contributed by atoms with Crippen LogP contribution in [0.1, 0.15) is 86.2 Å². The fourth-order valence-corrected chi connectivity index (χ4v) is 5.04. The Morgan fingerprint density at radius 2 is 1.68 bits per heavy atom. The standard InChI is InChI=1S/C31H44N2O5/c1-3-4-5-6-10-19-33(31(36)32-26-15-8-7-9-16-26)20-21-37-27-17-12-18-28(22-27)38-23-25-14-11-13-24(2)29(25)30(34)35/h7-9,11,13-16,27-28H,3-6,10,12,17-23H2,1-2H3,(H,32,36)(H,34,35). The van der Waals surface area contributed by atoms with Crippen LogP contribution in [0.3, 0.4) is 0 Å². The Balaban J connectivity index is 1.47. The van der Waals surface area contributed by atoms with Crippen LogP contribution < -0.4 is 5.32 Å². The molecule has 1 saturated carbocycles. The highest BCUT2D eigenvalue weighted by atomic mass is 16.5. The molecule has 1 aliphatic carbocycles. The number of nitrogens with zero attached hydrogens (tertiary/aromatic N) is 1. The van der Waals surface area contributed by atoms with Crippen LogP contribution in [-0.4, -0.2) is 53.9 Å². The molecule has 38 heavy (non-hydrogen) atoms. The van der Waals surface area contributed by atoms with Gasteiger partial charge in [0.05, 0.1) is 31.0 Å². The molecule has 2 aromatic rings. The lowest BCUT2D eigenvalue weighted by atomic mass is 9.94. The van der Waals surface area contributed by atoms with Crippen molar-refractivity contribution in [2.24, 2.45) is 0 Å². The number of ether oxygens (including phenoxy) is 2. The normalized spacial score (nSPS) is 17.2. The van der Waals surface area contributed by atoms with Gasteiger partial charge in [0.15, 0.2) is 0 Å². The molecule has 0 saturated heterocycles. The van der Waals surface area contributed by atoms with Gasteiger partial charge in [0.25, 0.3) is 0 Å². The molecule has 2 unspecified atom stereocenters. The van der Waals surface area contributed by atoms with Gasteiger partial charge >= 0.3 is 12.0 Å². The Morgan fingerprint density at radius 1 is 0.947 bits per heavy atom. The molecule has 1 fully saturated rings. The van der Waals surface area contributed by atoms with Gasteiger partial charge in [-0.1, -0.05) is 69.0 Å². The lowest BCUT2D eigenvalue weighted by Crippen LogP contribution is -2.39. The first-order valence-corrected chi connectivity index (χ1v) is 14.1. The van der Waals surface area contributed by atoms with Gasteiger partial charge in [0.2, 0.25) is 0 Å². The topological polar surface area (TPSA) is 88.1 Å². The number of carboxylic acid groups (broad SMARTS) is 1. The maximum atomic E-state index is 13.0. The number of carboxylic acids is 1. The third-order valence-corrected chi connectivity index (χ3v) is 7.18. The monoisotopic (exact) mass is 524 g/mol. The number of unbranched alkanes of at least 4 members (excludes halogenated alkanes) is 4. The van der Waals surface area contributed by atoms with E-state index in [1.165, 1.54) is 19.3 Å². The van der Waals surface area contributed by atoms with E-state index < -0.39 is 5.97 Å². The van der Waals surface area contributed by atoms with E-state index in [-0.39, 0.29) is 24.8 Å². The first-order chi connectivity index (χ1) is 18.5. The predicted molar refractivity (Wildman–Crippen MR) is 151 cm³/mol. The number of rotatable bonds is 15. The summed E-state index contributed by atoms with van der Waals surface area (Å²) in [5, 5.41) is 12.6. The van der Waals surface area contributed by atoms with Crippen molar-refractivity contribution in [3.8, 4) is 0 Å². The molecule has 2 N–H and O–H groups in total. The molecular formula is C31H44N2O5. The molecule has 0 bridgehead atoms. The molecule has 3 rings (SSSR count). The SMILES string of the molecule is CCCCCCCN(CCOC1CCCC(OCc2cccc(C)c2C(=O)O)C1)C(=O)Nc1ccccc1. The largest absolute Gasteiger partial charge is 0.478 e. The fourth-order valence-electron chi connectivity index (χ4n) is 5.04. The van der Waals surface area contributed by atoms with Gasteiger partial charge in [0, 0.05) is 18.8 Å². The van der Waals surface area contributed by atoms with E-state index in [9.17, 15) is 14.7 Å². The Hall–Kier alpha value is -2.90. The maximum absolute atomic E-state index is 13.0. The van der Waals surface area contributed by atoms with Crippen LogP contribution in [0.15, 0.2) is 48.5 Å². The first kappa shape index (κ1) is 29.7. The van der Waals surface area contributed by atoms with Crippen molar-refractivity contribution in [1.82, 2.24) is 4.90 Å². The molecule has 0 spiro atoms. The summed E-state index contributed by atoms with van der Waals surface area (Å²) in [6.07, 6.45) is 9.54. The Morgan fingerprint density at radius 3 is 2.42 bits per heavy atom. The zero-order chi connectivity index (χ0) is 27.2. The number of nitrogens with one attached hydrogen (secondary N) is 1. The number of anilines is 1. The number of amides is 2. The molecule has 0 aliphatic heterocycles. The van der Waals surface area contributed by atoms with Crippen molar-refractivity contribution in [2.75, 3.05) is 25.0 Å². The molecule has 2 atom stereocenters. The molecule has 0 radical (unpaired) electrons. The van der Waals surface area contributed by atoms with Crippen LogP contribution >= 0.6 is 0 Å². The number of urea groups is 1. The second-order valence-electron chi connectivity index (χ2n) is 10.2. The number of para-hydroxylation sites is 1. The van der Waals surface area contributed by atoms with Crippen LogP contribution in [-0.2, 0) is 16.1 Å². The van der Waals surface area contributed by atoms with E-state index >= 15 is 0 Å². The molecule has 0 heterocycles. The molecule has 2 aromatic carbocycles. The minimum absolute atomic E-state index is 0.0342. The minimum atomic E-state index is -0.919. The molecule has 7 nitrogen and oxygen atoms in total. The Kier molecular flexibility index (Phi) is 12.6. The maximum Gasteiger partial charge on any atom is 0.336 e. The van der Waals surface area contributed by atoms with Crippen molar-refractivity contribution in [3.63, 3.8) is 0 Å². The summed E-state index contributed by atoms with van der Waals surface area (Å²) in [6.45, 7) is 6.03. The first-order valence-electron chi connectivity index (χ1n) is 14.1. The molecule has 7 heteroatoms. The van der Waals surface area contributed by atoms with Crippen molar-refractivity contribution in [2.45, 2.75) is 90.4 Å². The van der Waals surface area contributed by atoms with Gasteiger partial charge < -0.3 is 24.8 Å². The molecule has 0 aromatic heterocycles. The summed E-state index contributed by atoms with van der Waals surface area (Å²) in [7, 11) is 0. The quantitative estimate of drug-likeness (QED) is 0.244. The lowest BCUT2D eigenvalue weighted by molar-refractivity contribution is -0.0523. The van der Waals surface area contributed by atoms with Crippen LogP contribution in [0.25, 0.3) is 0 Å². The van der Waals surface area contributed by atoms with Gasteiger partial charge in [-0.3, -0.25) is 0 Å². The van der Waals surface area contributed by atoms with Gasteiger partial charge in [-0.05, 0) is 62.3 Å². The second-order valence-corrected chi connectivity index (χ2v) is 10.2. The number of carbonyl (C=O) groups excluding carboxylic acids is 1. The number of hydrogen-bond acceptors (Lipinski definition) is 4. The molecular weight excluding hydrogens is 480 g/mol. The number of aromatic carboxylic acids is 1. The number of hydrogen-bond donors (Lipinski definition) is 2. The highest BCUT2D eigenvalue weighted by Crippen LogP contribution is 2.25. The zero-order valence-corrected chi connectivity index (χ0v) is 23.0. The van der Waals surface area contributed by atoms with E-state index in [0.717, 1.165) is 49.8 Å². The van der Waals surface area contributed by atoms with Crippen LogP contribution in [0.2, 0.25) is 0 Å². The minimum Gasteiger partial charge on any atom is -0.478 e. The highest BCUT2D eigenvalue weighted by molar-refractivity contribution is 5.91. The van der Waals surface area contributed by atoms with Crippen molar-refractivity contribution < 1.29 is 24.2 Å². The van der Waals surface area contributed by atoms with E-state index in [4.69, 9.17) is 9.47 Å². The van der Waals surface area contributed by atoms with E-state index in [0.29, 0.717) is 30.8 Å². The van der Waals surface area contributed by atoms with Gasteiger partial charge in [0.1, 0.15) is 0 Å². The van der Waals surface area contributed by atoms with Gasteiger partial charge in [-0.15, -0.1) is 0 Å². The van der Waals surface area contributed by atoms with Gasteiger partial charge in [-0.25, -0.2) is 9.59 Å². The third kappa shape index (κ3) is 9.76.